The molecule has 5 heteroatoms. The van der Waals surface area contributed by atoms with Gasteiger partial charge in [0.1, 0.15) is 0 Å². The molecule has 0 rings (SSSR count). The zero-order valence-electron chi connectivity index (χ0n) is 15.3. The van der Waals surface area contributed by atoms with Crippen molar-refractivity contribution in [2.75, 3.05) is 33.0 Å². The van der Waals surface area contributed by atoms with Crippen LogP contribution in [0.25, 0.3) is 0 Å². The van der Waals surface area contributed by atoms with E-state index in [2.05, 4.69) is 19.2 Å². The van der Waals surface area contributed by atoms with E-state index in [0.717, 1.165) is 32.1 Å². The topological polar surface area (TPSA) is 61.7 Å². The maximum Gasteiger partial charge on any atom is 0.0478 e. The Morgan fingerprint density at radius 2 is 1.35 bits per heavy atom. The molecular formula is C18H40ClNO3. The Morgan fingerprint density at radius 3 is 1.96 bits per heavy atom. The Morgan fingerprint density at radius 1 is 0.783 bits per heavy atom. The molecule has 0 spiro atoms. The lowest BCUT2D eigenvalue weighted by atomic mass is 10.0. The van der Waals surface area contributed by atoms with Crippen LogP contribution < -0.4 is 5.32 Å². The van der Waals surface area contributed by atoms with Crippen LogP contribution >= 0.6 is 12.4 Å². The Bertz CT molecular complexity index is 212. The number of aliphatic hydroxyl groups is 2. The standard InChI is InChI=1S/C18H39NO3.ClH/c1-17(2)9-6-4-3-5-7-15-22-16-8-12-19-18(10-13-20)11-14-21;/h17-21H,3-16H2,1-2H3;1H. The minimum Gasteiger partial charge on any atom is -0.396 e. The van der Waals surface area contributed by atoms with Crippen molar-refractivity contribution in [3.05, 3.63) is 0 Å². The summed E-state index contributed by atoms with van der Waals surface area (Å²) in [6.45, 7) is 7.49. The van der Waals surface area contributed by atoms with Crippen LogP contribution in [-0.2, 0) is 4.74 Å². The fraction of sp³-hybridized carbons (Fsp3) is 1.00. The van der Waals surface area contributed by atoms with E-state index in [1.807, 2.05) is 0 Å². The van der Waals surface area contributed by atoms with E-state index in [-0.39, 0.29) is 31.7 Å². The third kappa shape index (κ3) is 20.1. The van der Waals surface area contributed by atoms with Gasteiger partial charge in [-0.1, -0.05) is 46.0 Å². The van der Waals surface area contributed by atoms with E-state index in [4.69, 9.17) is 14.9 Å². The van der Waals surface area contributed by atoms with E-state index in [1.54, 1.807) is 0 Å². The van der Waals surface area contributed by atoms with Crippen LogP contribution in [0.4, 0.5) is 0 Å². The summed E-state index contributed by atoms with van der Waals surface area (Å²) in [5, 5.41) is 21.2. The molecule has 0 saturated heterocycles. The highest BCUT2D eigenvalue weighted by atomic mass is 35.5. The van der Waals surface area contributed by atoms with Crippen LogP contribution in [0, 0.1) is 5.92 Å². The molecular weight excluding hydrogens is 314 g/mol. The lowest BCUT2D eigenvalue weighted by molar-refractivity contribution is 0.126. The molecule has 0 aromatic rings. The van der Waals surface area contributed by atoms with E-state index in [0.29, 0.717) is 12.8 Å². The maximum absolute atomic E-state index is 8.92. The predicted octanol–water partition coefficient (Wildman–Crippen LogP) is 3.53. The first-order chi connectivity index (χ1) is 10.7. The molecule has 4 nitrogen and oxygen atoms in total. The van der Waals surface area contributed by atoms with Crippen LogP contribution in [0.3, 0.4) is 0 Å². The molecule has 142 valence electrons. The number of hydrogen-bond donors (Lipinski definition) is 3. The summed E-state index contributed by atoms with van der Waals surface area (Å²) in [4.78, 5) is 0. The molecule has 0 bridgehead atoms. The van der Waals surface area contributed by atoms with E-state index in [1.165, 1.54) is 38.5 Å². The van der Waals surface area contributed by atoms with Crippen molar-refractivity contribution in [3.8, 4) is 0 Å². The molecule has 23 heavy (non-hydrogen) atoms. The molecule has 0 saturated carbocycles. The number of ether oxygens (including phenoxy) is 1. The number of halogens is 1. The number of rotatable bonds is 17. The minimum atomic E-state index is 0. The number of unbranched alkanes of at least 4 members (excludes halogenated alkanes) is 4. The summed E-state index contributed by atoms with van der Waals surface area (Å²) in [5.74, 6) is 0.839. The fourth-order valence-electron chi connectivity index (χ4n) is 2.53. The molecule has 0 amide bonds. The molecule has 3 N–H and O–H groups in total. The highest BCUT2D eigenvalue weighted by molar-refractivity contribution is 5.85. The summed E-state index contributed by atoms with van der Waals surface area (Å²) in [6.07, 6.45) is 10.3. The van der Waals surface area contributed by atoms with Gasteiger partial charge < -0.3 is 20.3 Å². The van der Waals surface area contributed by atoms with Gasteiger partial charge in [0.15, 0.2) is 0 Å². The van der Waals surface area contributed by atoms with Gasteiger partial charge in [-0.25, -0.2) is 0 Å². The highest BCUT2D eigenvalue weighted by Gasteiger charge is 2.05. The summed E-state index contributed by atoms with van der Waals surface area (Å²) in [7, 11) is 0. The maximum atomic E-state index is 8.92. The first-order valence-electron chi connectivity index (χ1n) is 9.23. The highest BCUT2D eigenvalue weighted by Crippen LogP contribution is 2.10. The fourth-order valence-corrected chi connectivity index (χ4v) is 2.53. The number of aliphatic hydroxyl groups excluding tert-OH is 2. The van der Waals surface area contributed by atoms with Crippen LogP contribution in [0.5, 0.6) is 0 Å². The minimum absolute atomic E-state index is 0. The van der Waals surface area contributed by atoms with Crippen molar-refractivity contribution >= 4 is 12.4 Å². The van der Waals surface area contributed by atoms with Crippen molar-refractivity contribution in [2.45, 2.75) is 77.7 Å². The summed E-state index contributed by atoms with van der Waals surface area (Å²) in [6, 6.07) is 0.223. The lowest BCUT2D eigenvalue weighted by Crippen LogP contribution is -2.32. The molecule has 0 unspecified atom stereocenters. The average Bonchev–Trinajstić information content (AvgIpc) is 2.48. The molecule has 0 fully saturated rings. The number of nitrogens with one attached hydrogen (secondary N) is 1. The molecule has 0 aromatic carbocycles. The zero-order chi connectivity index (χ0) is 16.5. The second-order valence-corrected chi connectivity index (χ2v) is 6.59. The largest absolute Gasteiger partial charge is 0.396 e. The Balaban J connectivity index is 0. The second-order valence-electron chi connectivity index (χ2n) is 6.59. The Labute approximate surface area is 149 Å². The van der Waals surface area contributed by atoms with Gasteiger partial charge in [-0.3, -0.25) is 0 Å². The van der Waals surface area contributed by atoms with Gasteiger partial charge in [-0.05, 0) is 38.1 Å². The summed E-state index contributed by atoms with van der Waals surface area (Å²) < 4.78 is 5.64. The smallest absolute Gasteiger partial charge is 0.0478 e. The average molecular weight is 354 g/mol. The third-order valence-corrected chi connectivity index (χ3v) is 3.92. The molecule has 0 radical (unpaired) electrons. The Hall–Kier alpha value is 0.130. The second kappa shape index (κ2) is 20.2. The van der Waals surface area contributed by atoms with E-state index in [9.17, 15) is 0 Å². The molecule has 0 aliphatic heterocycles. The van der Waals surface area contributed by atoms with Crippen LogP contribution in [0.1, 0.15) is 71.6 Å². The van der Waals surface area contributed by atoms with Crippen LogP contribution in [0.15, 0.2) is 0 Å². The third-order valence-electron chi connectivity index (χ3n) is 3.92. The SMILES string of the molecule is CC(C)CCCCCCCOCCCNC(CCO)CCO.Cl. The lowest BCUT2D eigenvalue weighted by Gasteiger charge is -2.16. The quantitative estimate of drug-likeness (QED) is 0.350. The van der Waals surface area contributed by atoms with Gasteiger partial charge in [-0.2, -0.15) is 0 Å². The van der Waals surface area contributed by atoms with Crippen molar-refractivity contribution in [2.24, 2.45) is 5.92 Å². The van der Waals surface area contributed by atoms with Gasteiger partial charge >= 0.3 is 0 Å². The van der Waals surface area contributed by atoms with Crippen molar-refractivity contribution < 1.29 is 14.9 Å². The first kappa shape index (κ1) is 25.4. The molecule has 0 atom stereocenters. The van der Waals surface area contributed by atoms with Crippen molar-refractivity contribution in [1.29, 1.82) is 0 Å². The van der Waals surface area contributed by atoms with Gasteiger partial charge in [0.25, 0.3) is 0 Å². The monoisotopic (exact) mass is 353 g/mol. The van der Waals surface area contributed by atoms with Gasteiger partial charge in [0, 0.05) is 32.5 Å². The van der Waals surface area contributed by atoms with Gasteiger partial charge in [0.2, 0.25) is 0 Å². The van der Waals surface area contributed by atoms with Crippen LogP contribution in [-0.4, -0.2) is 49.2 Å². The molecule has 0 aliphatic carbocycles. The Kier molecular flexibility index (Phi) is 22.3. The normalized spacial score (nSPS) is 11.2. The zero-order valence-corrected chi connectivity index (χ0v) is 16.1. The van der Waals surface area contributed by atoms with E-state index < -0.39 is 0 Å². The molecule has 0 aliphatic rings. The van der Waals surface area contributed by atoms with Crippen molar-refractivity contribution in [3.63, 3.8) is 0 Å². The molecule has 0 aromatic heterocycles. The first-order valence-corrected chi connectivity index (χ1v) is 9.23. The van der Waals surface area contributed by atoms with Gasteiger partial charge in [0.05, 0.1) is 0 Å². The summed E-state index contributed by atoms with van der Waals surface area (Å²) in [5.41, 5.74) is 0. The van der Waals surface area contributed by atoms with E-state index >= 15 is 0 Å². The predicted molar refractivity (Wildman–Crippen MR) is 100 cm³/mol. The summed E-state index contributed by atoms with van der Waals surface area (Å²) >= 11 is 0. The molecule has 0 heterocycles. The van der Waals surface area contributed by atoms with Gasteiger partial charge in [-0.15, -0.1) is 12.4 Å². The van der Waals surface area contributed by atoms with Crippen LogP contribution in [0.2, 0.25) is 0 Å². The number of hydrogen-bond acceptors (Lipinski definition) is 4. The van der Waals surface area contributed by atoms with Crippen molar-refractivity contribution in [1.82, 2.24) is 5.32 Å².